The zero-order valence-electron chi connectivity index (χ0n) is 29.0. The van der Waals surface area contributed by atoms with Gasteiger partial charge in [0, 0.05) is 12.8 Å². The molecule has 0 aromatic carbocycles. The quantitative estimate of drug-likeness (QED) is 0.0459. The van der Waals surface area contributed by atoms with Crippen LogP contribution in [0.25, 0.3) is 0 Å². The second-order valence-electron chi connectivity index (χ2n) is 12.3. The molecule has 2 unspecified atom stereocenters. The average Bonchev–Trinajstić information content (AvgIpc) is 2.96. The third-order valence-corrected chi connectivity index (χ3v) is 8.88. The van der Waals surface area contributed by atoms with Crippen LogP contribution in [0.1, 0.15) is 183 Å². The minimum absolute atomic E-state index is 0. The Hall–Kier alpha value is -0.620. The van der Waals surface area contributed by atoms with Gasteiger partial charge >= 0.3 is 11.9 Å². The first-order valence-corrected chi connectivity index (χ1v) is 18.2. The molecular formula is C36H72BrNO4. The second-order valence-corrected chi connectivity index (χ2v) is 12.3. The van der Waals surface area contributed by atoms with Crippen molar-refractivity contribution < 1.29 is 40.5 Å². The van der Waals surface area contributed by atoms with Crippen LogP contribution >= 0.6 is 0 Å². The number of unbranched alkanes of at least 4 members (excludes halogenated alkanes) is 16. The van der Waals surface area contributed by atoms with Gasteiger partial charge < -0.3 is 30.9 Å². The summed E-state index contributed by atoms with van der Waals surface area (Å²) < 4.78 is 12.2. The third kappa shape index (κ3) is 18.9. The van der Waals surface area contributed by atoms with Crippen molar-refractivity contribution in [2.75, 3.05) is 26.3 Å². The van der Waals surface area contributed by atoms with Gasteiger partial charge in [-0.1, -0.05) is 118 Å². The SMILES string of the molecule is CCCCCCCC[N+](CCCCCCCC)(C(CCCCCC)C(=O)OCC)C(CCCCCC)C(=O)OCC.[Br-]. The number of hydrogen-bond acceptors (Lipinski definition) is 4. The molecule has 0 saturated carbocycles. The maximum Gasteiger partial charge on any atom is 0.364 e. The summed E-state index contributed by atoms with van der Waals surface area (Å²) >= 11 is 0. The van der Waals surface area contributed by atoms with E-state index in [0.717, 1.165) is 77.3 Å². The van der Waals surface area contributed by atoms with Crippen LogP contribution < -0.4 is 17.0 Å². The predicted octanol–water partition coefficient (Wildman–Crippen LogP) is 7.33. The van der Waals surface area contributed by atoms with Crippen molar-refractivity contribution in [3.8, 4) is 0 Å². The largest absolute Gasteiger partial charge is 1.00 e. The molecule has 6 heteroatoms. The van der Waals surface area contributed by atoms with E-state index in [2.05, 4.69) is 27.7 Å². The van der Waals surface area contributed by atoms with Crippen molar-refractivity contribution in [1.29, 1.82) is 0 Å². The first-order valence-electron chi connectivity index (χ1n) is 18.2. The van der Waals surface area contributed by atoms with Gasteiger partial charge in [0.15, 0.2) is 12.1 Å². The minimum atomic E-state index is -0.293. The highest BCUT2D eigenvalue weighted by molar-refractivity contribution is 5.77. The molecule has 252 valence electrons. The molecule has 0 spiro atoms. The molecule has 0 radical (unpaired) electrons. The van der Waals surface area contributed by atoms with E-state index in [1.54, 1.807) is 0 Å². The molecule has 0 bridgehead atoms. The Bertz CT molecular complexity index is 563. The predicted molar refractivity (Wildman–Crippen MR) is 175 cm³/mol. The van der Waals surface area contributed by atoms with Crippen LogP contribution in [0.5, 0.6) is 0 Å². The first kappa shape index (κ1) is 43.5. The lowest BCUT2D eigenvalue weighted by Crippen LogP contribution is -3.00. The summed E-state index contributed by atoms with van der Waals surface area (Å²) in [6.07, 6.45) is 25.0. The zero-order chi connectivity index (χ0) is 30.6. The van der Waals surface area contributed by atoms with E-state index in [0.29, 0.717) is 17.7 Å². The Labute approximate surface area is 273 Å². The van der Waals surface area contributed by atoms with Crippen LogP contribution in [0, 0.1) is 0 Å². The lowest BCUT2D eigenvalue weighted by atomic mass is 9.93. The highest BCUT2D eigenvalue weighted by Gasteiger charge is 2.50. The molecule has 0 heterocycles. The minimum Gasteiger partial charge on any atom is -1.00 e. The fourth-order valence-electron chi connectivity index (χ4n) is 6.50. The number of carbonyl (C=O) groups is 2. The molecule has 0 aromatic heterocycles. The van der Waals surface area contributed by atoms with E-state index in [-0.39, 0.29) is 41.0 Å². The number of esters is 2. The van der Waals surface area contributed by atoms with Gasteiger partial charge in [0.25, 0.3) is 0 Å². The number of quaternary nitrogens is 1. The summed E-state index contributed by atoms with van der Waals surface area (Å²) in [5.41, 5.74) is 0. The van der Waals surface area contributed by atoms with Gasteiger partial charge in [-0.3, -0.25) is 0 Å². The van der Waals surface area contributed by atoms with E-state index in [4.69, 9.17) is 9.47 Å². The molecule has 0 aliphatic rings. The Morgan fingerprint density at radius 1 is 0.452 bits per heavy atom. The number of halogens is 1. The van der Waals surface area contributed by atoms with Gasteiger partial charge in [-0.2, -0.15) is 0 Å². The summed E-state index contributed by atoms with van der Waals surface area (Å²) in [6, 6.07) is -0.586. The average molecular weight is 663 g/mol. The van der Waals surface area contributed by atoms with Crippen molar-refractivity contribution in [2.24, 2.45) is 0 Å². The Morgan fingerprint density at radius 2 is 0.738 bits per heavy atom. The lowest BCUT2D eigenvalue weighted by molar-refractivity contribution is -0.959. The summed E-state index contributed by atoms with van der Waals surface area (Å²) in [7, 11) is 0. The Morgan fingerprint density at radius 3 is 1.05 bits per heavy atom. The number of hydrogen-bond donors (Lipinski definition) is 0. The summed E-state index contributed by atoms with van der Waals surface area (Å²) in [5, 5.41) is 0. The summed E-state index contributed by atoms with van der Waals surface area (Å²) in [6.45, 7) is 15.3. The van der Waals surface area contributed by atoms with Crippen molar-refractivity contribution in [3.05, 3.63) is 0 Å². The summed E-state index contributed by atoms with van der Waals surface area (Å²) in [5.74, 6) is -0.187. The van der Waals surface area contributed by atoms with Crippen LogP contribution in [0.2, 0.25) is 0 Å². The van der Waals surface area contributed by atoms with Crippen molar-refractivity contribution >= 4 is 11.9 Å². The van der Waals surface area contributed by atoms with Crippen LogP contribution in [-0.2, 0) is 19.1 Å². The fourth-order valence-corrected chi connectivity index (χ4v) is 6.50. The van der Waals surface area contributed by atoms with Crippen molar-refractivity contribution in [3.63, 3.8) is 0 Å². The van der Waals surface area contributed by atoms with Gasteiger partial charge in [0.1, 0.15) is 0 Å². The smallest absolute Gasteiger partial charge is 0.364 e. The standard InChI is InChI=1S/C36H72NO4.BrH/c1-7-13-17-21-23-27-31-37(32-28-24-22-18-14-8-2,33(35(38)40-11-5)29-25-19-15-9-3)34(36(39)41-12-6)30-26-20-16-10-4;/h33-34H,7-32H2,1-6H3;1H/q+1;/p-1. The van der Waals surface area contributed by atoms with Gasteiger partial charge in [-0.15, -0.1) is 0 Å². The van der Waals surface area contributed by atoms with Crippen LogP contribution in [0.4, 0.5) is 0 Å². The van der Waals surface area contributed by atoms with E-state index in [1.807, 2.05) is 13.8 Å². The Kier molecular flexibility index (Phi) is 31.5. The molecule has 5 nitrogen and oxygen atoms in total. The molecule has 0 saturated heterocycles. The highest BCUT2D eigenvalue weighted by atomic mass is 79.9. The number of rotatable bonds is 30. The van der Waals surface area contributed by atoms with Gasteiger partial charge in [0.2, 0.25) is 0 Å². The second kappa shape index (κ2) is 30.4. The molecule has 0 fully saturated rings. The molecule has 42 heavy (non-hydrogen) atoms. The number of nitrogens with zero attached hydrogens (tertiary/aromatic N) is 1. The molecule has 0 N–H and O–H groups in total. The zero-order valence-corrected chi connectivity index (χ0v) is 30.6. The van der Waals surface area contributed by atoms with E-state index in [9.17, 15) is 9.59 Å². The fraction of sp³-hybridized carbons (Fsp3) is 0.944. The molecular weight excluding hydrogens is 590 g/mol. The first-order chi connectivity index (χ1) is 20.0. The van der Waals surface area contributed by atoms with Gasteiger partial charge in [-0.25, -0.2) is 9.59 Å². The van der Waals surface area contributed by atoms with Crippen LogP contribution in [-0.4, -0.2) is 54.8 Å². The molecule has 0 aliphatic carbocycles. The molecule has 0 rings (SSSR count). The molecule has 0 aromatic rings. The topological polar surface area (TPSA) is 52.6 Å². The number of ether oxygens (including phenoxy) is 2. The molecule has 2 atom stereocenters. The van der Waals surface area contributed by atoms with Gasteiger partial charge in [0.05, 0.1) is 26.3 Å². The van der Waals surface area contributed by atoms with Crippen LogP contribution in [0.3, 0.4) is 0 Å². The molecule has 0 amide bonds. The normalized spacial score (nSPS) is 12.9. The van der Waals surface area contributed by atoms with Gasteiger partial charge in [-0.05, 0) is 52.4 Å². The van der Waals surface area contributed by atoms with Crippen molar-refractivity contribution in [2.45, 2.75) is 195 Å². The van der Waals surface area contributed by atoms with E-state index < -0.39 is 0 Å². The number of carbonyl (C=O) groups excluding carboxylic acids is 2. The molecule has 0 aliphatic heterocycles. The van der Waals surface area contributed by atoms with Crippen molar-refractivity contribution in [1.82, 2.24) is 0 Å². The van der Waals surface area contributed by atoms with E-state index in [1.165, 1.54) is 77.0 Å². The maximum atomic E-state index is 13.9. The third-order valence-electron chi connectivity index (χ3n) is 8.88. The monoisotopic (exact) mass is 661 g/mol. The van der Waals surface area contributed by atoms with E-state index >= 15 is 0 Å². The summed E-state index contributed by atoms with van der Waals surface area (Å²) in [4.78, 5) is 27.7. The highest BCUT2D eigenvalue weighted by Crippen LogP contribution is 2.32. The Balaban J connectivity index is 0. The lowest BCUT2D eigenvalue weighted by Gasteiger charge is -2.48. The maximum absolute atomic E-state index is 13.9. The van der Waals surface area contributed by atoms with Crippen LogP contribution in [0.15, 0.2) is 0 Å².